The Kier molecular flexibility index (Phi) is 4.75. The minimum absolute atomic E-state index is 0. The molecule has 0 aliphatic carbocycles. The predicted molar refractivity (Wildman–Crippen MR) is 98.0 cm³/mol. The van der Waals surface area contributed by atoms with E-state index in [1.54, 1.807) is 5.01 Å². The summed E-state index contributed by atoms with van der Waals surface area (Å²) in [5.41, 5.74) is 10.8. The Labute approximate surface area is 148 Å². The van der Waals surface area contributed by atoms with Gasteiger partial charge in [-0.15, -0.1) is 12.4 Å². The first-order valence-electron chi connectivity index (χ1n) is 7.55. The molecule has 0 amide bonds. The number of anilines is 1. The average Bonchev–Trinajstić information content (AvgIpc) is 2.47. The zero-order valence-electron chi connectivity index (χ0n) is 14.3. The zero-order valence-corrected chi connectivity index (χ0v) is 15.1. The number of aryl methyl sites for hydroxylation is 2. The smallest absolute Gasteiger partial charge is 0.144 e. The van der Waals surface area contributed by atoms with Gasteiger partial charge in [0.1, 0.15) is 17.5 Å². The van der Waals surface area contributed by atoms with Gasteiger partial charge in [0.05, 0.1) is 23.6 Å². The maximum atomic E-state index is 9.62. The number of fused-ring (bicyclic) bond motifs is 1. The number of para-hydroxylation sites is 1. The van der Waals surface area contributed by atoms with Crippen molar-refractivity contribution in [2.75, 3.05) is 11.6 Å². The van der Waals surface area contributed by atoms with Gasteiger partial charge in [-0.3, -0.25) is 0 Å². The molecule has 0 atom stereocenters. The van der Waals surface area contributed by atoms with Crippen LogP contribution in [0.2, 0.25) is 0 Å². The summed E-state index contributed by atoms with van der Waals surface area (Å²) in [6.07, 6.45) is 1.92. The van der Waals surface area contributed by atoms with Crippen LogP contribution in [-0.4, -0.2) is 17.9 Å². The lowest BCUT2D eigenvalue weighted by molar-refractivity contribution is 0.0409. The van der Waals surface area contributed by atoms with Gasteiger partial charge in [-0.1, -0.05) is 18.2 Å². The van der Waals surface area contributed by atoms with Crippen molar-refractivity contribution in [2.24, 2.45) is 10.8 Å². The maximum absolute atomic E-state index is 9.62. The number of hydrogen-bond acceptors (Lipinski definition) is 5. The van der Waals surface area contributed by atoms with Crippen molar-refractivity contribution in [3.05, 3.63) is 52.4 Å². The Hall–Kier alpha value is -2.29. The van der Waals surface area contributed by atoms with Gasteiger partial charge in [-0.2, -0.15) is 10.4 Å². The van der Waals surface area contributed by atoms with Crippen LogP contribution in [0.5, 0.6) is 0 Å². The van der Waals surface area contributed by atoms with E-state index < -0.39 is 5.60 Å². The van der Waals surface area contributed by atoms with Gasteiger partial charge in [-0.25, -0.2) is 5.01 Å². The first-order valence-corrected chi connectivity index (χ1v) is 7.55. The van der Waals surface area contributed by atoms with Gasteiger partial charge in [0.2, 0.25) is 0 Å². The van der Waals surface area contributed by atoms with E-state index in [-0.39, 0.29) is 12.4 Å². The van der Waals surface area contributed by atoms with E-state index in [9.17, 15) is 5.26 Å². The average molecular weight is 345 g/mol. The summed E-state index contributed by atoms with van der Waals surface area (Å²) < 4.78 is 5.80. The van der Waals surface area contributed by atoms with Crippen LogP contribution in [0.15, 0.2) is 46.3 Å². The van der Waals surface area contributed by atoms with Gasteiger partial charge < -0.3 is 10.5 Å². The first-order chi connectivity index (χ1) is 10.8. The third-order valence-corrected chi connectivity index (χ3v) is 4.12. The molecule has 2 aliphatic rings. The van der Waals surface area contributed by atoms with Crippen molar-refractivity contribution >= 4 is 23.8 Å². The summed E-state index contributed by atoms with van der Waals surface area (Å²) in [4.78, 5) is 0. The second-order valence-electron chi connectivity index (χ2n) is 6.42. The van der Waals surface area contributed by atoms with Crippen LogP contribution in [0.25, 0.3) is 0 Å². The Bertz CT molecular complexity index is 795. The highest BCUT2D eigenvalue weighted by Crippen LogP contribution is 2.35. The number of hydrazone groups is 1. The van der Waals surface area contributed by atoms with Crippen LogP contribution in [0.1, 0.15) is 25.0 Å². The Morgan fingerprint density at radius 3 is 2.50 bits per heavy atom. The van der Waals surface area contributed by atoms with Crippen molar-refractivity contribution in [1.82, 2.24) is 0 Å². The fourth-order valence-electron chi connectivity index (χ4n) is 2.95. The summed E-state index contributed by atoms with van der Waals surface area (Å²) in [5.74, 6) is 0.359. The van der Waals surface area contributed by atoms with E-state index in [0.29, 0.717) is 18.0 Å². The van der Waals surface area contributed by atoms with Gasteiger partial charge in [-0.05, 0) is 44.9 Å². The Balaban J connectivity index is 0.00000208. The van der Waals surface area contributed by atoms with Crippen molar-refractivity contribution in [1.29, 1.82) is 5.26 Å². The Morgan fingerprint density at radius 2 is 1.92 bits per heavy atom. The van der Waals surface area contributed by atoms with E-state index in [2.05, 4.69) is 11.2 Å². The van der Waals surface area contributed by atoms with E-state index in [1.165, 1.54) is 0 Å². The number of nitrogens with zero attached hydrogens (tertiary/aromatic N) is 3. The number of benzene rings is 1. The molecule has 1 aromatic carbocycles. The SMILES string of the molecule is Cc1cccc(C)c1N1N=C2COC(C)(C)C=C2C(C#N)=C1N.Cl. The van der Waals surface area contributed by atoms with Crippen LogP contribution >= 0.6 is 12.4 Å². The summed E-state index contributed by atoms with van der Waals surface area (Å²) in [5, 5.41) is 16.0. The fourth-order valence-corrected chi connectivity index (χ4v) is 2.95. The quantitative estimate of drug-likeness (QED) is 0.847. The van der Waals surface area contributed by atoms with Crippen LogP contribution in [0.4, 0.5) is 5.69 Å². The number of rotatable bonds is 1. The van der Waals surface area contributed by atoms with Gasteiger partial charge in [0.25, 0.3) is 0 Å². The molecule has 5 nitrogen and oxygen atoms in total. The lowest BCUT2D eigenvalue weighted by atomic mass is 9.92. The predicted octanol–water partition coefficient (Wildman–Crippen LogP) is 3.33. The summed E-state index contributed by atoms with van der Waals surface area (Å²) in [6, 6.07) is 8.25. The molecule has 0 aromatic heterocycles. The lowest BCUT2D eigenvalue weighted by Crippen LogP contribution is -2.39. The number of nitriles is 1. The Morgan fingerprint density at radius 1 is 1.29 bits per heavy atom. The van der Waals surface area contributed by atoms with Crippen molar-refractivity contribution in [2.45, 2.75) is 33.3 Å². The molecule has 0 fully saturated rings. The molecule has 0 bridgehead atoms. The molecule has 2 heterocycles. The van der Waals surface area contributed by atoms with Gasteiger partial charge in [0.15, 0.2) is 0 Å². The van der Waals surface area contributed by atoms with E-state index in [4.69, 9.17) is 10.5 Å². The zero-order chi connectivity index (χ0) is 16.8. The molecule has 24 heavy (non-hydrogen) atoms. The normalized spacial score (nSPS) is 18.9. The maximum Gasteiger partial charge on any atom is 0.144 e. The minimum Gasteiger partial charge on any atom is -0.383 e. The number of allylic oxidation sites excluding steroid dienone is 1. The second-order valence-corrected chi connectivity index (χ2v) is 6.42. The molecule has 0 radical (unpaired) electrons. The molecule has 0 saturated carbocycles. The lowest BCUT2D eigenvalue weighted by Gasteiger charge is -2.35. The molecule has 0 unspecified atom stereocenters. The molecule has 126 valence electrons. The monoisotopic (exact) mass is 344 g/mol. The molecule has 0 spiro atoms. The summed E-state index contributed by atoms with van der Waals surface area (Å²) in [7, 11) is 0. The summed E-state index contributed by atoms with van der Waals surface area (Å²) in [6.45, 7) is 8.29. The highest BCUT2D eigenvalue weighted by atomic mass is 35.5. The topological polar surface area (TPSA) is 74.6 Å². The fraction of sp³-hybridized carbons (Fsp3) is 0.333. The second kappa shape index (κ2) is 6.31. The van der Waals surface area contributed by atoms with E-state index in [1.807, 2.05) is 52.0 Å². The minimum atomic E-state index is -0.433. The van der Waals surface area contributed by atoms with Crippen LogP contribution in [0.3, 0.4) is 0 Å². The van der Waals surface area contributed by atoms with Crippen LogP contribution in [-0.2, 0) is 4.74 Å². The highest BCUT2D eigenvalue weighted by molar-refractivity contribution is 6.08. The number of ether oxygens (including phenoxy) is 1. The summed E-state index contributed by atoms with van der Waals surface area (Å²) >= 11 is 0. The van der Waals surface area contributed by atoms with Crippen molar-refractivity contribution in [3.8, 4) is 6.07 Å². The molecule has 3 rings (SSSR count). The number of hydrogen-bond donors (Lipinski definition) is 1. The largest absolute Gasteiger partial charge is 0.383 e. The van der Waals surface area contributed by atoms with Gasteiger partial charge in [0, 0.05) is 5.57 Å². The number of nitrogens with two attached hydrogens (primary N) is 1. The van der Waals surface area contributed by atoms with Crippen LogP contribution in [0, 0.1) is 25.2 Å². The molecule has 0 saturated heterocycles. The molecule has 2 aliphatic heterocycles. The highest BCUT2D eigenvalue weighted by Gasteiger charge is 2.33. The molecule has 2 N–H and O–H groups in total. The van der Waals surface area contributed by atoms with Crippen molar-refractivity contribution < 1.29 is 4.74 Å². The van der Waals surface area contributed by atoms with E-state index >= 15 is 0 Å². The molecular formula is C18H21ClN4O. The molecular weight excluding hydrogens is 324 g/mol. The first kappa shape index (κ1) is 18.1. The standard InChI is InChI=1S/C18H20N4O.ClH/c1-11-6-5-7-12(2)16(11)22-17(20)14(9-19)13-8-18(3,4)23-10-15(13)21-22;/h5-8H,10,20H2,1-4H3;1H. The van der Waals surface area contributed by atoms with Gasteiger partial charge >= 0.3 is 0 Å². The molecule has 1 aromatic rings. The molecule has 6 heteroatoms. The third-order valence-electron chi connectivity index (χ3n) is 4.12. The number of halogens is 1. The van der Waals surface area contributed by atoms with Crippen molar-refractivity contribution in [3.63, 3.8) is 0 Å². The van der Waals surface area contributed by atoms with E-state index in [0.717, 1.165) is 28.1 Å². The van der Waals surface area contributed by atoms with Crippen LogP contribution < -0.4 is 10.7 Å². The third kappa shape index (κ3) is 2.91.